The maximum atomic E-state index is 13.4. The van der Waals surface area contributed by atoms with Crippen LogP contribution in [-0.2, 0) is 6.54 Å². The molecule has 0 spiro atoms. The molecule has 0 saturated carbocycles. The maximum Gasteiger partial charge on any atom is 0.273 e. The van der Waals surface area contributed by atoms with Gasteiger partial charge in [0.25, 0.3) is 5.91 Å². The molecule has 0 bridgehead atoms. The summed E-state index contributed by atoms with van der Waals surface area (Å²) in [7, 11) is 0. The number of aryl methyl sites for hydroxylation is 1. The third-order valence-electron chi connectivity index (χ3n) is 2.93. The number of nitriles is 1. The van der Waals surface area contributed by atoms with Crippen LogP contribution < -0.4 is 5.32 Å². The molecule has 4 nitrogen and oxygen atoms in total. The van der Waals surface area contributed by atoms with Gasteiger partial charge in [0.1, 0.15) is 5.82 Å². The van der Waals surface area contributed by atoms with Crippen molar-refractivity contribution in [3.05, 3.63) is 64.5 Å². The lowest BCUT2D eigenvalue weighted by molar-refractivity contribution is 0.0941. The number of amides is 1. The average Bonchev–Trinajstić information content (AvgIpc) is 2.45. The molecule has 1 amide bonds. The van der Waals surface area contributed by atoms with Gasteiger partial charge in [-0.15, -0.1) is 0 Å². The van der Waals surface area contributed by atoms with Crippen molar-refractivity contribution in [3.8, 4) is 6.07 Å². The molecule has 1 heterocycles. The molecule has 1 aromatic heterocycles. The zero-order valence-electron chi connectivity index (χ0n) is 11.2. The van der Waals surface area contributed by atoms with E-state index in [9.17, 15) is 13.6 Å². The lowest BCUT2D eigenvalue weighted by Crippen LogP contribution is -2.25. The fourth-order valence-electron chi connectivity index (χ4n) is 1.80. The van der Waals surface area contributed by atoms with E-state index in [1.807, 2.05) is 6.07 Å². The first-order valence-corrected chi connectivity index (χ1v) is 6.10. The standard InChI is InChI=1S/C15H11F2N3O/c1-9-4-10(6-18)2-3-11(9)7-20-15(21)14-13(17)5-12(16)8-19-14/h2-5,8H,7H2,1H3,(H,20,21). The van der Waals surface area contributed by atoms with Gasteiger partial charge >= 0.3 is 0 Å². The quantitative estimate of drug-likeness (QED) is 0.943. The van der Waals surface area contributed by atoms with Crippen LogP contribution in [0.4, 0.5) is 8.78 Å². The van der Waals surface area contributed by atoms with E-state index < -0.39 is 23.2 Å². The molecule has 0 atom stereocenters. The Morgan fingerprint density at radius 3 is 2.76 bits per heavy atom. The number of carbonyl (C=O) groups is 1. The Morgan fingerprint density at radius 2 is 2.14 bits per heavy atom. The smallest absolute Gasteiger partial charge is 0.273 e. The van der Waals surface area contributed by atoms with Gasteiger partial charge in [-0.3, -0.25) is 4.79 Å². The average molecular weight is 287 g/mol. The van der Waals surface area contributed by atoms with Gasteiger partial charge in [-0.2, -0.15) is 5.26 Å². The summed E-state index contributed by atoms with van der Waals surface area (Å²) in [6.45, 7) is 1.97. The Balaban J connectivity index is 2.09. The predicted octanol–water partition coefficient (Wildman–Crippen LogP) is 2.47. The molecule has 0 saturated heterocycles. The van der Waals surface area contributed by atoms with Crippen LogP contribution in [0.25, 0.3) is 0 Å². The number of halogens is 2. The first-order chi connectivity index (χ1) is 10.0. The highest BCUT2D eigenvalue weighted by Crippen LogP contribution is 2.11. The number of benzene rings is 1. The second-order valence-corrected chi connectivity index (χ2v) is 4.42. The summed E-state index contributed by atoms with van der Waals surface area (Å²) < 4.78 is 26.1. The monoisotopic (exact) mass is 287 g/mol. The van der Waals surface area contributed by atoms with E-state index in [0.29, 0.717) is 11.6 Å². The Bertz CT molecular complexity index is 738. The molecule has 1 aromatic carbocycles. The van der Waals surface area contributed by atoms with Crippen molar-refractivity contribution < 1.29 is 13.6 Å². The van der Waals surface area contributed by atoms with Gasteiger partial charge in [-0.25, -0.2) is 13.8 Å². The number of rotatable bonds is 3. The van der Waals surface area contributed by atoms with Crippen molar-refractivity contribution in [2.75, 3.05) is 0 Å². The van der Waals surface area contributed by atoms with Crippen LogP contribution in [0.1, 0.15) is 27.2 Å². The molecule has 1 N–H and O–H groups in total. The molecule has 0 aliphatic rings. The number of carbonyl (C=O) groups excluding carboxylic acids is 1. The van der Waals surface area contributed by atoms with E-state index >= 15 is 0 Å². The number of pyridine rings is 1. The normalized spacial score (nSPS) is 10.0. The molecule has 0 aliphatic heterocycles. The molecule has 0 radical (unpaired) electrons. The van der Waals surface area contributed by atoms with Crippen LogP contribution in [0.2, 0.25) is 0 Å². The topological polar surface area (TPSA) is 65.8 Å². The summed E-state index contributed by atoms with van der Waals surface area (Å²) in [6.07, 6.45) is 0.783. The first kappa shape index (κ1) is 14.6. The maximum absolute atomic E-state index is 13.4. The number of nitrogens with one attached hydrogen (secondary N) is 1. The van der Waals surface area contributed by atoms with Crippen molar-refractivity contribution in [2.45, 2.75) is 13.5 Å². The molecule has 0 aliphatic carbocycles. The van der Waals surface area contributed by atoms with Gasteiger partial charge in [-0.1, -0.05) is 6.07 Å². The minimum Gasteiger partial charge on any atom is -0.347 e. The number of hydrogen-bond acceptors (Lipinski definition) is 3. The largest absolute Gasteiger partial charge is 0.347 e. The van der Waals surface area contributed by atoms with Crippen molar-refractivity contribution in [3.63, 3.8) is 0 Å². The van der Waals surface area contributed by atoms with Crippen LogP contribution in [0.5, 0.6) is 0 Å². The van der Waals surface area contributed by atoms with Crippen molar-refractivity contribution in [1.82, 2.24) is 10.3 Å². The molecule has 0 unspecified atom stereocenters. The molecular weight excluding hydrogens is 276 g/mol. The highest BCUT2D eigenvalue weighted by molar-refractivity contribution is 5.92. The second-order valence-electron chi connectivity index (χ2n) is 4.42. The summed E-state index contributed by atoms with van der Waals surface area (Å²) in [4.78, 5) is 15.2. The van der Waals surface area contributed by atoms with Gasteiger partial charge in [0.05, 0.1) is 17.8 Å². The summed E-state index contributed by atoms with van der Waals surface area (Å²) in [5.74, 6) is -2.58. The summed E-state index contributed by atoms with van der Waals surface area (Å²) >= 11 is 0. The van der Waals surface area contributed by atoms with Crippen LogP contribution in [0.3, 0.4) is 0 Å². The van der Waals surface area contributed by atoms with Crippen molar-refractivity contribution in [1.29, 1.82) is 5.26 Å². The third kappa shape index (κ3) is 3.39. The van der Waals surface area contributed by atoms with Crippen molar-refractivity contribution in [2.24, 2.45) is 0 Å². The molecule has 2 aromatic rings. The van der Waals surface area contributed by atoms with E-state index in [2.05, 4.69) is 10.3 Å². The number of nitrogens with zero attached hydrogens (tertiary/aromatic N) is 2. The van der Waals surface area contributed by atoms with Crippen LogP contribution in [0, 0.1) is 29.9 Å². The summed E-state index contributed by atoms with van der Waals surface area (Å²) in [5, 5.41) is 11.3. The molecular formula is C15H11F2N3O. The lowest BCUT2D eigenvalue weighted by atomic mass is 10.1. The minimum absolute atomic E-state index is 0.162. The van der Waals surface area contributed by atoms with Crippen LogP contribution in [0.15, 0.2) is 30.5 Å². The van der Waals surface area contributed by atoms with Gasteiger partial charge in [0, 0.05) is 12.6 Å². The first-order valence-electron chi connectivity index (χ1n) is 6.10. The third-order valence-corrected chi connectivity index (χ3v) is 2.93. The summed E-state index contributed by atoms with van der Waals surface area (Å²) in [5.41, 5.74) is 1.70. The zero-order chi connectivity index (χ0) is 15.4. The van der Waals surface area contributed by atoms with E-state index in [1.54, 1.807) is 25.1 Å². The highest BCUT2D eigenvalue weighted by Gasteiger charge is 2.14. The predicted molar refractivity (Wildman–Crippen MR) is 71.2 cm³/mol. The van der Waals surface area contributed by atoms with Crippen LogP contribution in [-0.4, -0.2) is 10.9 Å². The Hall–Kier alpha value is -2.81. The Morgan fingerprint density at radius 1 is 1.38 bits per heavy atom. The number of aromatic nitrogens is 1. The zero-order valence-corrected chi connectivity index (χ0v) is 11.2. The van der Waals surface area contributed by atoms with Gasteiger partial charge in [-0.05, 0) is 30.2 Å². The molecule has 21 heavy (non-hydrogen) atoms. The lowest BCUT2D eigenvalue weighted by Gasteiger charge is -2.08. The molecule has 2 rings (SSSR count). The molecule has 106 valence electrons. The Kier molecular flexibility index (Phi) is 4.24. The van der Waals surface area contributed by atoms with Crippen LogP contribution >= 0.6 is 0 Å². The number of hydrogen-bond donors (Lipinski definition) is 1. The van der Waals surface area contributed by atoms with E-state index in [-0.39, 0.29) is 6.54 Å². The van der Waals surface area contributed by atoms with Gasteiger partial charge < -0.3 is 5.32 Å². The fourth-order valence-corrected chi connectivity index (χ4v) is 1.80. The SMILES string of the molecule is Cc1cc(C#N)ccc1CNC(=O)c1ncc(F)cc1F. The van der Waals surface area contributed by atoms with Gasteiger partial charge in [0.2, 0.25) is 0 Å². The summed E-state index contributed by atoms with van der Waals surface area (Å²) in [6, 6.07) is 7.66. The second kappa shape index (κ2) is 6.09. The Labute approximate surface area is 120 Å². The van der Waals surface area contributed by atoms with E-state index in [4.69, 9.17) is 5.26 Å². The van der Waals surface area contributed by atoms with Gasteiger partial charge in [0.15, 0.2) is 11.5 Å². The minimum atomic E-state index is -1.01. The van der Waals surface area contributed by atoms with E-state index in [0.717, 1.165) is 17.3 Å². The highest BCUT2D eigenvalue weighted by atomic mass is 19.1. The van der Waals surface area contributed by atoms with Crippen molar-refractivity contribution >= 4 is 5.91 Å². The fraction of sp³-hybridized carbons (Fsp3) is 0.133. The van der Waals surface area contributed by atoms with E-state index in [1.165, 1.54) is 0 Å². The molecule has 0 fully saturated rings. The molecule has 6 heteroatoms.